The lowest BCUT2D eigenvalue weighted by molar-refractivity contribution is 0.0954. The SMILES string of the molecule is O=C(NCCc1c[nH]c2ccc(SCC3CCCC3)cc12)c1ccccc1. The Labute approximate surface area is 164 Å². The third-order valence-corrected chi connectivity index (χ3v) is 6.64. The minimum absolute atomic E-state index is 0.0109. The molecule has 0 unspecified atom stereocenters. The summed E-state index contributed by atoms with van der Waals surface area (Å²) in [4.78, 5) is 16.9. The Bertz CT molecular complexity index is 897. The van der Waals surface area contributed by atoms with Gasteiger partial charge >= 0.3 is 0 Å². The molecule has 2 N–H and O–H groups in total. The molecule has 4 heteroatoms. The highest BCUT2D eigenvalue weighted by Gasteiger charge is 2.15. The lowest BCUT2D eigenvalue weighted by atomic mass is 10.1. The number of benzene rings is 2. The first-order valence-electron chi connectivity index (χ1n) is 9.85. The monoisotopic (exact) mass is 378 g/mol. The largest absolute Gasteiger partial charge is 0.361 e. The molecule has 0 atom stereocenters. The highest BCUT2D eigenvalue weighted by atomic mass is 32.2. The van der Waals surface area contributed by atoms with E-state index >= 15 is 0 Å². The van der Waals surface area contributed by atoms with Gasteiger partial charge in [0.2, 0.25) is 0 Å². The predicted molar refractivity (Wildman–Crippen MR) is 113 cm³/mol. The van der Waals surface area contributed by atoms with Crippen molar-refractivity contribution in [1.82, 2.24) is 10.3 Å². The average Bonchev–Trinajstić information content (AvgIpc) is 3.37. The Morgan fingerprint density at radius 2 is 1.93 bits per heavy atom. The van der Waals surface area contributed by atoms with Crippen molar-refractivity contribution in [3.8, 4) is 0 Å². The van der Waals surface area contributed by atoms with Crippen molar-refractivity contribution in [2.24, 2.45) is 5.92 Å². The number of nitrogens with one attached hydrogen (secondary N) is 2. The molecule has 1 aromatic heterocycles. The van der Waals surface area contributed by atoms with Crippen LogP contribution in [0.5, 0.6) is 0 Å². The second-order valence-corrected chi connectivity index (χ2v) is 8.45. The van der Waals surface area contributed by atoms with E-state index in [9.17, 15) is 4.79 Å². The van der Waals surface area contributed by atoms with E-state index in [2.05, 4.69) is 34.7 Å². The first kappa shape index (κ1) is 18.2. The van der Waals surface area contributed by atoms with E-state index in [1.165, 1.54) is 52.8 Å². The normalized spacial score (nSPS) is 14.7. The smallest absolute Gasteiger partial charge is 0.251 e. The molecular formula is C23H26N2OS. The van der Waals surface area contributed by atoms with Gasteiger partial charge in [0.25, 0.3) is 5.91 Å². The van der Waals surface area contributed by atoms with Crippen LogP contribution >= 0.6 is 11.8 Å². The summed E-state index contributed by atoms with van der Waals surface area (Å²) in [6.07, 6.45) is 8.50. The molecule has 4 rings (SSSR count). The van der Waals surface area contributed by atoms with Crippen molar-refractivity contribution in [3.63, 3.8) is 0 Å². The van der Waals surface area contributed by atoms with Gasteiger partial charge < -0.3 is 10.3 Å². The number of carbonyl (C=O) groups excluding carboxylic acids is 1. The van der Waals surface area contributed by atoms with Crippen LogP contribution in [-0.4, -0.2) is 23.2 Å². The van der Waals surface area contributed by atoms with Crippen molar-refractivity contribution < 1.29 is 4.79 Å². The summed E-state index contributed by atoms with van der Waals surface area (Å²) in [5, 5.41) is 4.30. The van der Waals surface area contributed by atoms with Crippen LogP contribution in [0.3, 0.4) is 0 Å². The molecule has 1 fully saturated rings. The third-order valence-electron chi connectivity index (χ3n) is 5.42. The number of hydrogen-bond acceptors (Lipinski definition) is 2. The van der Waals surface area contributed by atoms with Gasteiger partial charge in [0, 0.05) is 39.9 Å². The Morgan fingerprint density at radius 3 is 2.74 bits per heavy atom. The topological polar surface area (TPSA) is 44.9 Å². The molecule has 1 amide bonds. The van der Waals surface area contributed by atoms with Gasteiger partial charge in [-0.2, -0.15) is 0 Å². The molecule has 140 valence electrons. The van der Waals surface area contributed by atoms with Crippen molar-refractivity contribution in [3.05, 3.63) is 65.9 Å². The van der Waals surface area contributed by atoms with Crippen LogP contribution in [-0.2, 0) is 6.42 Å². The molecule has 0 aliphatic heterocycles. The summed E-state index contributed by atoms with van der Waals surface area (Å²) in [5.74, 6) is 2.12. The maximum Gasteiger partial charge on any atom is 0.251 e. The number of rotatable bonds is 7. The first-order valence-corrected chi connectivity index (χ1v) is 10.8. The third kappa shape index (κ3) is 4.56. The van der Waals surface area contributed by atoms with Crippen molar-refractivity contribution in [1.29, 1.82) is 0 Å². The molecule has 2 aromatic carbocycles. The molecule has 1 saturated carbocycles. The molecule has 1 heterocycles. The fourth-order valence-corrected chi connectivity index (χ4v) is 4.97. The minimum atomic E-state index is -0.0109. The van der Waals surface area contributed by atoms with Gasteiger partial charge in [-0.3, -0.25) is 4.79 Å². The Morgan fingerprint density at radius 1 is 1.11 bits per heavy atom. The van der Waals surface area contributed by atoms with Crippen molar-refractivity contribution in [2.75, 3.05) is 12.3 Å². The minimum Gasteiger partial charge on any atom is -0.361 e. The second-order valence-electron chi connectivity index (χ2n) is 7.35. The molecule has 1 aliphatic carbocycles. The fourth-order valence-electron chi connectivity index (χ4n) is 3.85. The van der Waals surface area contributed by atoms with Gasteiger partial charge in [0.1, 0.15) is 0 Å². The molecule has 1 aliphatic rings. The van der Waals surface area contributed by atoms with Crippen molar-refractivity contribution in [2.45, 2.75) is 37.0 Å². The van der Waals surface area contributed by atoms with Crippen LogP contribution in [0.25, 0.3) is 10.9 Å². The molecule has 0 spiro atoms. The van der Waals surface area contributed by atoms with E-state index in [0.717, 1.165) is 12.3 Å². The highest BCUT2D eigenvalue weighted by molar-refractivity contribution is 7.99. The molecule has 3 aromatic rings. The maximum atomic E-state index is 12.2. The molecule has 0 radical (unpaired) electrons. The molecule has 27 heavy (non-hydrogen) atoms. The molecule has 0 saturated heterocycles. The number of H-pyrrole nitrogens is 1. The van der Waals surface area contributed by atoms with Gasteiger partial charge in [0.15, 0.2) is 0 Å². The molecular weight excluding hydrogens is 352 g/mol. The van der Waals surface area contributed by atoms with Crippen LogP contribution in [0.1, 0.15) is 41.6 Å². The maximum absolute atomic E-state index is 12.2. The summed E-state index contributed by atoms with van der Waals surface area (Å²) >= 11 is 1.99. The molecule has 3 nitrogen and oxygen atoms in total. The predicted octanol–water partition coefficient (Wildman–Crippen LogP) is 5.42. The summed E-state index contributed by atoms with van der Waals surface area (Å²) in [6.45, 7) is 0.639. The summed E-state index contributed by atoms with van der Waals surface area (Å²) in [6, 6.07) is 16.1. The summed E-state index contributed by atoms with van der Waals surface area (Å²) in [7, 11) is 0. The van der Waals surface area contributed by atoms with Gasteiger partial charge in [-0.15, -0.1) is 11.8 Å². The first-order chi connectivity index (χ1) is 13.3. The standard InChI is InChI=1S/C23H26N2OS/c26-23(18-8-2-1-3-9-18)24-13-12-19-15-25-22-11-10-20(14-21(19)22)27-16-17-6-4-5-7-17/h1-3,8-11,14-15,17,25H,4-7,12-13,16H2,(H,24,26). The Hall–Kier alpha value is -2.20. The van der Waals surface area contributed by atoms with Crippen LogP contribution in [0.2, 0.25) is 0 Å². The van der Waals surface area contributed by atoms with Gasteiger partial charge in [-0.25, -0.2) is 0 Å². The number of aromatic amines is 1. The number of amides is 1. The van der Waals surface area contributed by atoms with Gasteiger partial charge in [-0.1, -0.05) is 31.0 Å². The number of fused-ring (bicyclic) bond motifs is 1. The highest BCUT2D eigenvalue weighted by Crippen LogP contribution is 2.32. The van der Waals surface area contributed by atoms with E-state index in [1.54, 1.807) is 0 Å². The number of hydrogen-bond donors (Lipinski definition) is 2. The molecule has 0 bridgehead atoms. The number of thioether (sulfide) groups is 1. The fraction of sp³-hybridized carbons (Fsp3) is 0.348. The lowest BCUT2D eigenvalue weighted by Crippen LogP contribution is -2.25. The zero-order chi connectivity index (χ0) is 18.5. The van der Waals surface area contributed by atoms with E-state index in [1.807, 2.05) is 42.1 Å². The quantitative estimate of drug-likeness (QED) is 0.539. The summed E-state index contributed by atoms with van der Waals surface area (Å²) in [5.41, 5.74) is 3.15. The van der Waals surface area contributed by atoms with Crippen LogP contribution < -0.4 is 5.32 Å². The van der Waals surface area contributed by atoms with E-state index in [4.69, 9.17) is 0 Å². The zero-order valence-electron chi connectivity index (χ0n) is 15.5. The number of carbonyl (C=O) groups is 1. The zero-order valence-corrected chi connectivity index (χ0v) is 16.4. The van der Waals surface area contributed by atoms with Gasteiger partial charge in [0.05, 0.1) is 0 Å². The van der Waals surface area contributed by atoms with E-state index in [0.29, 0.717) is 12.1 Å². The average molecular weight is 379 g/mol. The number of aromatic nitrogens is 1. The van der Waals surface area contributed by atoms with E-state index in [-0.39, 0.29) is 5.91 Å². The van der Waals surface area contributed by atoms with Crippen LogP contribution in [0, 0.1) is 5.92 Å². The van der Waals surface area contributed by atoms with Crippen molar-refractivity contribution >= 4 is 28.6 Å². The van der Waals surface area contributed by atoms with Gasteiger partial charge in [-0.05, 0) is 61.1 Å². The summed E-state index contributed by atoms with van der Waals surface area (Å²) < 4.78 is 0. The Balaban J connectivity index is 1.36. The van der Waals surface area contributed by atoms with Crippen LogP contribution in [0.4, 0.5) is 0 Å². The second kappa shape index (κ2) is 8.66. The van der Waals surface area contributed by atoms with Crippen LogP contribution in [0.15, 0.2) is 59.6 Å². The lowest BCUT2D eigenvalue weighted by Gasteiger charge is -2.09. The van der Waals surface area contributed by atoms with E-state index < -0.39 is 0 Å². The Kier molecular flexibility index (Phi) is 5.83.